The number of rotatable bonds is 5. The minimum Gasteiger partial charge on any atom is -0.451 e. The summed E-state index contributed by atoms with van der Waals surface area (Å²) < 4.78 is 12.7. The van der Waals surface area contributed by atoms with E-state index in [9.17, 15) is 14.9 Å². The third-order valence-corrected chi connectivity index (χ3v) is 5.90. The van der Waals surface area contributed by atoms with E-state index in [0.29, 0.717) is 39.6 Å². The van der Waals surface area contributed by atoms with Crippen LogP contribution in [0.5, 0.6) is 0 Å². The number of aryl methyl sites for hydroxylation is 1. The number of non-ortho nitro benzene ring substituents is 1. The summed E-state index contributed by atoms with van der Waals surface area (Å²) >= 11 is 2.23. The number of anilines is 1. The molecule has 168 valence electrons. The molecule has 2 aromatic heterocycles. The van der Waals surface area contributed by atoms with Crippen LogP contribution in [0.3, 0.4) is 0 Å². The van der Waals surface area contributed by atoms with E-state index in [1.165, 1.54) is 12.1 Å². The monoisotopic (exact) mass is 565 g/mol. The molecule has 1 N–H and O–H groups in total. The zero-order chi connectivity index (χ0) is 23.8. The molecule has 9 heteroatoms. The molecule has 0 aliphatic carbocycles. The van der Waals surface area contributed by atoms with Gasteiger partial charge in [-0.3, -0.25) is 14.9 Å². The fraction of sp³-hybridized carbons (Fsp3) is 0.0400. The van der Waals surface area contributed by atoms with Crippen molar-refractivity contribution in [1.29, 1.82) is 0 Å². The summed E-state index contributed by atoms with van der Waals surface area (Å²) in [5, 5.41) is 13.8. The Hall–Kier alpha value is -3.99. The molecule has 0 aliphatic heterocycles. The van der Waals surface area contributed by atoms with Gasteiger partial charge in [0, 0.05) is 32.5 Å². The minimum absolute atomic E-state index is 0.000762. The fourth-order valence-electron chi connectivity index (χ4n) is 3.59. The number of halogens is 1. The highest BCUT2D eigenvalue weighted by Crippen LogP contribution is 2.30. The Labute approximate surface area is 206 Å². The predicted octanol–water partition coefficient (Wildman–Crippen LogP) is 6.83. The molecule has 0 saturated carbocycles. The SMILES string of the molecule is Cc1cc([N+](=O)[O-])ccc1-c1ccc(C(=O)Nc2ccc3oc(-c4cccc(I)c4)nc3c2)o1. The molecule has 0 saturated heterocycles. The maximum absolute atomic E-state index is 12.7. The Kier molecular flexibility index (Phi) is 5.62. The smallest absolute Gasteiger partial charge is 0.291 e. The van der Waals surface area contributed by atoms with Crippen molar-refractivity contribution < 1.29 is 18.6 Å². The molecule has 8 nitrogen and oxygen atoms in total. The highest BCUT2D eigenvalue weighted by Gasteiger charge is 2.16. The number of nitrogens with zero attached hydrogens (tertiary/aromatic N) is 2. The molecule has 2 heterocycles. The van der Waals surface area contributed by atoms with Crippen LogP contribution in [0.1, 0.15) is 16.1 Å². The van der Waals surface area contributed by atoms with Gasteiger partial charge in [-0.1, -0.05) is 6.07 Å². The number of hydrogen-bond donors (Lipinski definition) is 1. The third kappa shape index (κ3) is 4.29. The van der Waals surface area contributed by atoms with Crippen molar-refractivity contribution in [2.75, 3.05) is 5.32 Å². The van der Waals surface area contributed by atoms with Gasteiger partial charge in [-0.2, -0.15) is 0 Å². The lowest BCUT2D eigenvalue weighted by atomic mass is 10.1. The Morgan fingerprint density at radius 1 is 1.03 bits per heavy atom. The van der Waals surface area contributed by atoms with Gasteiger partial charge in [0.25, 0.3) is 11.6 Å². The summed E-state index contributed by atoms with van der Waals surface area (Å²) in [5.74, 6) is 0.650. The topological polar surface area (TPSA) is 111 Å². The van der Waals surface area contributed by atoms with Crippen LogP contribution in [0, 0.1) is 20.6 Å². The van der Waals surface area contributed by atoms with Crippen LogP contribution in [-0.4, -0.2) is 15.8 Å². The quantitative estimate of drug-likeness (QED) is 0.142. The van der Waals surface area contributed by atoms with Crippen molar-refractivity contribution in [2.24, 2.45) is 0 Å². The van der Waals surface area contributed by atoms with Crippen LogP contribution in [0.25, 0.3) is 33.9 Å². The number of nitro benzene ring substituents is 1. The predicted molar refractivity (Wildman–Crippen MR) is 136 cm³/mol. The fourth-order valence-corrected chi connectivity index (χ4v) is 4.13. The molecule has 0 radical (unpaired) electrons. The molecular weight excluding hydrogens is 549 g/mol. The average Bonchev–Trinajstić information content (AvgIpc) is 3.46. The van der Waals surface area contributed by atoms with E-state index in [1.54, 1.807) is 43.3 Å². The summed E-state index contributed by atoms with van der Waals surface area (Å²) in [6, 6.07) is 20.8. The summed E-state index contributed by atoms with van der Waals surface area (Å²) in [6.07, 6.45) is 0. The first-order valence-electron chi connectivity index (χ1n) is 10.2. The number of nitrogens with one attached hydrogen (secondary N) is 1. The first-order chi connectivity index (χ1) is 16.4. The molecule has 0 aliphatic rings. The normalized spacial score (nSPS) is 11.0. The Morgan fingerprint density at radius 3 is 2.65 bits per heavy atom. The molecule has 0 spiro atoms. The number of hydrogen-bond acceptors (Lipinski definition) is 6. The first-order valence-corrected chi connectivity index (χ1v) is 11.3. The van der Waals surface area contributed by atoms with Crippen LogP contribution < -0.4 is 5.32 Å². The van der Waals surface area contributed by atoms with Gasteiger partial charge in [-0.25, -0.2) is 4.98 Å². The van der Waals surface area contributed by atoms with Crippen LogP contribution in [-0.2, 0) is 0 Å². The second-order valence-corrected chi connectivity index (χ2v) is 8.83. The maximum atomic E-state index is 12.7. The number of aromatic nitrogens is 1. The molecule has 1 amide bonds. The second kappa shape index (κ2) is 8.75. The average molecular weight is 565 g/mol. The van der Waals surface area contributed by atoms with E-state index in [4.69, 9.17) is 8.83 Å². The maximum Gasteiger partial charge on any atom is 0.291 e. The van der Waals surface area contributed by atoms with Gasteiger partial charge in [0.15, 0.2) is 11.3 Å². The standard InChI is InChI=1S/C25H16IN3O5/c1-14-11-18(29(31)32)6-7-19(14)21-9-10-23(33-21)24(30)27-17-5-8-22-20(13-17)28-25(34-22)15-3-2-4-16(26)12-15/h2-13H,1H3,(H,27,30). The zero-order valence-corrected chi connectivity index (χ0v) is 19.9. The number of fused-ring (bicyclic) bond motifs is 1. The largest absolute Gasteiger partial charge is 0.451 e. The molecule has 5 rings (SSSR count). The number of carbonyl (C=O) groups is 1. The van der Waals surface area contributed by atoms with Crippen molar-refractivity contribution >= 4 is 51.0 Å². The van der Waals surface area contributed by atoms with E-state index in [0.717, 1.165) is 9.13 Å². The molecule has 0 bridgehead atoms. The van der Waals surface area contributed by atoms with Crippen LogP contribution in [0.2, 0.25) is 0 Å². The number of furan rings is 1. The Balaban J connectivity index is 1.36. The van der Waals surface area contributed by atoms with Crippen molar-refractivity contribution in [3.05, 3.63) is 97.8 Å². The van der Waals surface area contributed by atoms with Crippen LogP contribution >= 0.6 is 22.6 Å². The van der Waals surface area contributed by atoms with Gasteiger partial charge in [-0.05, 0) is 89.7 Å². The molecule has 0 unspecified atom stereocenters. The zero-order valence-electron chi connectivity index (χ0n) is 17.7. The van der Waals surface area contributed by atoms with Crippen molar-refractivity contribution in [2.45, 2.75) is 6.92 Å². The van der Waals surface area contributed by atoms with Gasteiger partial charge in [-0.15, -0.1) is 0 Å². The molecule has 34 heavy (non-hydrogen) atoms. The van der Waals surface area contributed by atoms with Gasteiger partial charge in [0.05, 0.1) is 4.92 Å². The minimum atomic E-state index is -0.451. The molecular formula is C25H16IN3O5. The highest BCUT2D eigenvalue weighted by molar-refractivity contribution is 14.1. The second-order valence-electron chi connectivity index (χ2n) is 7.59. The van der Waals surface area contributed by atoms with Gasteiger partial charge in [0.1, 0.15) is 11.3 Å². The lowest BCUT2D eigenvalue weighted by molar-refractivity contribution is -0.384. The summed E-state index contributed by atoms with van der Waals surface area (Å²) in [6.45, 7) is 1.75. The summed E-state index contributed by atoms with van der Waals surface area (Å²) in [5.41, 5.74) is 4.00. The summed E-state index contributed by atoms with van der Waals surface area (Å²) in [4.78, 5) is 27.8. The van der Waals surface area contributed by atoms with Crippen molar-refractivity contribution in [3.8, 4) is 22.8 Å². The van der Waals surface area contributed by atoms with E-state index >= 15 is 0 Å². The van der Waals surface area contributed by atoms with E-state index in [-0.39, 0.29) is 11.4 Å². The van der Waals surface area contributed by atoms with Crippen molar-refractivity contribution in [1.82, 2.24) is 4.98 Å². The number of carbonyl (C=O) groups excluding carboxylic acids is 1. The lowest BCUT2D eigenvalue weighted by Crippen LogP contribution is -2.10. The summed E-state index contributed by atoms with van der Waals surface area (Å²) in [7, 11) is 0. The first kappa shape index (κ1) is 21.8. The van der Waals surface area contributed by atoms with Crippen LogP contribution in [0.4, 0.5) is 11.4 Å². The number of benzene rings is 3. The number of oxazole rings is 1. The van der Waals surface area contributed by atoms with Gasteiger partial charge in [0.2, 0.25) is 5.89 Å². The molecule has 0 fully saturated rings. The molecule has 3 aromatic carbocycles. The van der Waals surface area contributed by atoms with E-state index in [2.05, 4.69) is 32.9 Å². The van der Waals surface area contributed by atoms with Crippen LogP contribution in [0.15, 0.2) is 81.6 Å². The van der Waals surface area contributed by atoms with E-state index < -0.39 is 10.8 Å². The Morgan fingerprint density at radius 2 is 1.88 bits per heavy atom. The number of amides is 1. The Bertz CT molecular complexity index is 1570. The number of nitro groups is 1. The highest BCUT2D eigenvalue weighted by atomic mass is 127. The third-order valence-electron chi connectivity index (χ3n) is 5.23. The van der Waals surface area contributed by atoms with Gasteiger partial charge < -0.3 is 14.2 Å². The molecule has 0 atom stereocenters. The lowest BCUT2D eigenvalue weighted by Gasteiger charge is -2.04. The van der Waals surface area contributed by atoms with E-state index in [1.807, 2.05) is 24.3 Å². The molecule has 5 aromatic rings. The van der Waals surface area contributed by atoms with Gasteiger partial charge >= 0.3 is 0 Å². The van der Waals surface area contributed by atoms with Crippen molar-refractivity contribution in [3.63, 3.8) is 0 Å².